The molecule has 3 aromatic carbocycles. The van der Waals surface area contributed by atoms with Crippen molar-refractivity contribution >= 4 is 40.5 Å². The van der Waals surface area contributed by atoms with Gasteiger partial charge in [-0.1, -0.05) is 18.2 Å². The number of carbonyl (C=O) groups excluding carboxylic acids is 2. The number of benzene rings is 3. The molecule has 0 aromatic heterocycles. The number of carbonyl (C=O) groups is 2. The second-order valence-electron chi connectivity index (χ2n) is 7.28. The Balaban J connectivity index is 1.67. The SMILES string of the molecule is CCN(C(=O)c1ccc(NC(=S)NC(=O)c2cc(OC)c(OC)c(OC)c2)cc1)c1ccccc1. The molecular weight excluding hydrogens is 466 g/mol. The largest absolute Gasteiger partial charge is 0.493 e. The Morgan fingerprint density at radius 2 is 1.46 bits per heavy atom. The Morgan fingerprint density at radius 3 is 1.97 bits per heavy atom. The Morgan fingerprint density at radius 1 is 0.857 bits per heavy atom. The predicted molar refractivity (Wildman–Crippen MR) is 140 cm³/mol. The van der Waals surface area contributed by atoms with Gasteiger partial charge in [-0.2, -0.15) is 0 Å². The zero-order chi connectivity index (χ0) is 25.4. The van der Waals surface area contributed by atoms with Gasteiger partial charge in [0, 0.05) is 29.0 Å². The van der Waals surface area contributed by atoms with Crippen LogP contribution in [-0.4, -0.2) is 44.8 Å². The summed E-state index contributed by atoms with van der Waals surface area (Å²) in [6.45, 7) is 2.47. The molecule has 0 aliphatic rings. The van der Waals surface area contributed by atoms with Gasteiger partial charge in [0.05, 0.1) is 21.3 Å². The zero-order valence-corrected chi connectivity index (χ0v) is 20.8. The van der Waals surface area contributed by atoms with Crippen molar-refractivity contribution in [3.05, 3.63) is 77.9 Å². The van der Waals surface area contributed by atoms with E-state index >= 15 is 0 Å². The molecule has 0 fully saturated rings. The van der Waals surface area contributed by atoms with Crippen molar-refractivity contribution in [2.75, 3.05) is 38.1 Å². The van der Waals surface area contributed by atoms with Crippen LogP contribution in [0.4, 0.5) is 11.4 Å². The van der Waals surface area contributed by atoms with E-state index in [0.29, 0.717) is 35.0 Å². The third-order valence-electron chi connectivity index (χ3n) is 5.17. The lowest BCUT2D eigenvalue weighted by Crippen LogP contribution is -2.34. The van der Waals surface area contributed by atoms with E-state index in [9.17, 15) is 9.59 Å². The van der Waals surface area contributed by atoms with Crippen LogP contribution in [0.25, 0.3) is 0 Å². The van der Waals surface area contributed by atoms with Gasteiger partial charge in [-0.25, -0.2) is 0 Å². The Hall–Kier alpha value is -4.11. The van der Waals surface area contributed by atoms with E-state index in [1.807, 2.05) is 37.3 Å². The van der Waals surface area contributed by atoms with Crippen molar-refractivity contribution in [2.45, 2.75) is 6.92 Å². The summed E-state index contributed by atoms with van der Waals surface area (Å²) >= 11 is 5.29. The van der Waals surface area contributed by atoms with Crippen molar-refractivity contribution in [3.8, 4) is 17.2 Å². The number of hydrogen-bond acceptors (Lipinski definition) is 6. The number of ether oxygens (including phenoxy) is 3. The summed E-state index contributed by atoms with van der Waals surface area (Å²) < 4.78 is 15.9. The van der Waals surface area contributed by atoms with Gasteiger partial charge < -0.3 is 24.4 Å². The highest BCUT2D eigenvalue weighted by molar-refractivity contribution is 7.80. The number of nitrogens with one attached hydrogen (secondary N) is 2. The number of methoxy groups -OCH3 is 3. The van der Waals surface area contributed by atoms with Crippen LogP contribution in [0.2, 0.25) is 0 Å². The average Bonchev–Trinajstić information content (AvgIpc) is 2.89. The zero-order valence-electron chi connectivity index (χ0n) is 20.0. The molecule has 3 rings (SSSR count). The highest BCUT2D eigenvalue weighted by Crippen LogP contribution is 2.38. The van der Waals surface area contributed by atoms with Gasteiger partial charge in [-0.15, -0.1) is 0 Å². The smallest absolute Gasteiger partial charge is 0.258 e. The summed E-state index contributed by atoms with van der Waals surface area (Å²) in [6.07, 6.45) is 0. The third kappa shape index (κ3) is 6.07. The van der Waals surface area contributed by atoms with Gasteiger partial charge in [-0.3, -0.25) is 14.9 Å². The van der Waals surface area contributed by atoms with Crippen LogP contribution in [0, 0.1) is 0 Å². The number of nitrogens with zero attached hydrogens (tertiary/aromatic N) is 1. The first kappa shape index (κ1) is 25.5. The molecule has 0 spiro atoms. The van der Waals surface area contributed by atoms with Crippen molar-refractivity contribution in [3.63, 3.8) is 0 Å². The fourth-order valence-electron chi connectivity index (χ4n) is 3.45. The van der Waals surface area contributed by atoms with Gasteiger partial charge in [0.25, 0.3) is 11.8 Å². The first-order valence-electron chi connectivity index (χ1n) is 10.8. The number of hydrogen-bond donors (Lipinski definition) is 2. The first-order valence-corrected chi connectivity index (χ1v) is 11.2. The topological polar surface area (TPSA) is 89.1 Å². The fourth-order valence-corrected chi connectivity index (χ4v) is 3.66. The monoisotopic (exact) mass is 493 g/mol. The predicted octanol–water partition coefficient (Wildman–Crippen LogP) is 4.51. The molecule has 9 heteroatoms. The van der Waals surface area contributed by atoms with Crippen molar-refractivity contribution < 1.29 is 23.8 Å². The molecule has 3 aromatic rings. The average molecular weight is 494 g/mol. The van der Waals surface area contributed by atoms with Gasteiger partial charge in [-0.05, 0) is 67.7 Å². The molecule has 0 aliphatic heterocycles. The summed E-state index contributed by atoms with van der Waals surface area (Å²) in [5, 5.41) is 5.68. The molecule has 2 amide bonds. The molecule has 2 N–H and O–H groups in total. The Bertz CT molecular complexity index is 1170. The molecule has 35 heavy (non-hydrogen) atoms. The summed E-state index contributed by atoms with van der Waals surface area (Å²) in [6, 6.07) is 19.4. The molecule has 0 heterocycles. The number of amides is 2. The van der Waals surface area contributed by atoms with Crippen LogP contribution in [0.3, 0.4) is 0 Å². The second kappa shape index (κ2) is 11.8. The van der Waals surface area contributed by atoms with Crippen LogP contribution < -0.4 is 29.7 Å². The van der Waals surface area contributed by atoms with E-state index < -0.39 is 5.91 Å². The molecule has 8 nitrogen and oxygen atoms in total. The summed E-state index contributed by atoms with van der Waals surface area (Å²) in [5.41, 5.74) is 2.27. The minimum absolute atomic E-state index is 0.0994. The lowest BCUT2D eigenvalue weighted by atomic mass is 10.1. The quantitative estimate of drug-likeness (QED) is 0.447. The molecular formula is C26H27N3O5S. The van der Waals surface area contributed by atoms with Gasteiger partial charge >= 0.3 is 0 Å². The van der Waals surface area contributed by atoms with Crippen LogP contribution in [-0.2, 0) is 0 Å². The molecule has 0 unspecified atom stereocenters. The summed E-state index contributed by atoms with van der Waals surface area (Å²) in [7, 11) is 4.43. The highest BCUT2D eigenvalue weighted by Gasteiger charge is 2.18. The number of thiocarbonyl (C=S) groups is 1. The van der Waals surface area contributed by atoms with E-state index in [2.05, 4.69) is 10.6 Å². The van der Waals surface area contributed by atoms with Crippen molar-refractivity contribution in [2.24, 2.45) is 0 Å². The lowest BCUT2D eigenvalue weighted by Gasteiger charge is -2.21. The molecule has 0 radical (unpaired) electrons. The molecule has 0 saturated heterocycles. The number of anilines is 2. The molecule has 0 atom stereocenters. The second-order valence-corrected chi connectivity index (χ2v) is 7.69. The van der Waals surface area contributed by atoms with E-state index in [-0.39, 0.29) is 16.6 Å². The van der Waals surface area contributed by atoms with Gasteiger partial charge in [0.2, 0.25) is 5.75 Å². The molecule has 182 valence electrons. The van der Waals surface area contributed by atoms with E-state index in [4.69, 9.17) is 26.4 Å². The number of rotatable bonds is 8. The maximum absolute atomic E-state index is 13.0. The molecule has 0 aliphatic carbocycles. The standard InChI is InChI=1S/C26H27N3O5S/c1-5-29(20-9-7-6-8-10-20)25(31)17-11-13-19(14-12-17)27-26(35)28-24(30)18-15-21(32-2)23(34-4)22(16-18)33-3/h6-16H,5H2,1-4H3,(H2,27,28,30,35). The van der Waals surface area contributed by atoms with E-state index in [0.717, 1.165) is 5.69 Å². The molecule has 0 saturated carbocycles. The maximum atomic E-state index is 13.0. The summed E-state index contributed by atoms with van der Waals surface area (Å²) in [4.78, 5) is 27.4. The minimum Gasteiger partial charge on any atom is -0.493 e. The normalized spacial score (nSPS) is 10.2. The van der Waals surface area contributed by atoms with E-state index in [1.165, 1.54) is 33.5 Å². The van der Waals surface area contributed by atoms with Crippen molar-refractivity contribution in [1.82, 2.24) is 5.32 Å². The van der Waals surface area contributed by atoms with Gasteiger partial charge in [0.1, 0.15) is 0 Å². The minimum atomic E-state index is -0.449. The highest BCUT2D eigenvalue weighted by atomic mass is 32.1. The number of para-hydroxylation sites is 1. The van der Waals surface area contributed by atoms with E-state index in [1.54, 1.807) is 29.2 Å². The van der Waals surface area contributed by atoms with Crippen LogP contribution >= 0.6 is 12.2 Å². The third-order valence-corrected chi connectivity index (χ3v) is 5.38. The van der Waals surface area contributed by atoms with Gasteiger partial charge in [0.15, 0.2) is 16.6 Å². The van der Waals surface area contributed by atoms with Crippen LogP contribution in [0.15, 0.2) is 66.7 Å². The Kier molecular flexibility index (Phi) is 8.63. The van der Waals surface area contributed by atoms with Crippen LogP contribution in [0.5, 0.6) is 17.2 Å². The van der Waals surface area contributed by atoms with Crippen molar-refractivity contribution in [1.29, 1.82) is 0 Å². The maximum Gasteiger partial charge on any atom is 0.258 e. The lowest BCUT2D eigenvalue weighted by molar-refractivity contribution is 0.0973. The first-order chi connectivity index (χ1) is 16.9. The summed E-state index contributed by atoms with van der Waals surface area (Å²) in [5.74, 6) is 0.537. The molecule has 0 bridgehead atoms. The Labute approximate surface area is 209 Å². The van der Waals surface area contributed by atoms with Crippen LogP contribution in [0.1, 0.15) is 27.6 Å². The fraction of sp³-hybridized carbons (Fsp3) is 0.192.